The van der Waals surface area contributed by atoms with Crippen LogP contribution >= 0.6 is 15.9 Å². The van der Waals surface area contributed by atoms with Gasteiger partial charge in [-0.2, -0.15) is 5.10 Å². The fourth-order valence-electron chi connectivity index (χ4n) is 3.34. The Bertz CT molecular complexity index is 889. The summed E-state index contributed by atoms with van der Waals surface area (Å²) in [7, 11) is 0. The van der Waals surface area contributed by atoms with Gasteiger partial charge in [0.25, 0.3) is 5.91 Å². The molecule has 5 nitrogen and oxygen atoms in total. The Hall–Kier alpha value is -2.47. The average Bonchev–Trinajstić information content (AvgIpc) is 2.73. The van der Waals surface area contributed by atoms with E-state index in [1.54, 1.807) is 12.1 Å². The topological polar surface area (TPSA) is 70.6 Å². The second kappa shape index (κ2) is 9.64. The number of hydrazone groups is 1. The third-order valence-corrected chi connectivity index (χ3v) is 5.66. The van der Waals surface area contributed by atoms with Crippen LogP contribution in [0.25, 0.3) is 0 Å². The smallest absolute Gasteiger partial charge is 0.272 e. The van der Waals surface area contributed by atoms with Crippen LogP contribution in [0, 0.1) is 5.92 Å². The van der Waals surface area contributed by atoms with E-state index in [0.717, 1.165) is 36.9 Å². The molecule has 3 rings (SSSR count). The van der Waals surface area contributed by atoms with Gasteiger partial charge in [-0.3, -0.25) is 9.59 Å². The van der Waals surface area contributed by atoms with E-state index < -0.39 is 0 Å². The third-order valence-electron chi connectivity index (χ3n) is 4.97. The van der Waals surface area contributed by atoms with Crippen LogP contribution in [0.1, 0.15) is 54.9 Å². The summed E-state index contributed by atoms with van der Waals surface area (Å²) < 4.78 is 0.716. The number of nitrogens with one attached hydrogen (secondary N) is 2. The number of halogens is 1. The predicted octanol–water partition coefficient (Wildman–Crippen LogP) is 5.12. The van der Waals surface area contributed by atoms with Crippen molar-refractivity contribution in [3.05, 3.63) is 64.1 Å². The first-order valence-corrected chi connectivity index (χ1v) is 10.3. The molecule has 1 aliphatic carbocycles. The highest BCUT2D eigenvalue weighted by atomic mass is 79.9. The van der Waals surface area contributed by atoms with E-state index >= 15 is 0 Å². The molecule has 0 aromatic heterocycles. The molecule has 0 aliphatic heterocycles. The zero-order chi connectivity index (χ0) is 19.9. The number of hydrogen-bond donors (Lipinski definition) is 2. The molecule has 0 heterocycles. The number of nitrogens with zero attached hydrogens (tertiary/aromatic N) is 1. The summed E-state index contributed by atoms with van der Waals surface area (Å²) in [5.74, 6) is -0.0852. The van der Waals surface area contributed by atoms with Crippen molar-refractivity contribution in [3.8, 4) is 0 Å². The molecule has 0 bridgehead atoms. The van der Waals surface area contributed by atoms with Crippen LogP contribution in [0.3, 0.4) is 0 Å². The predicted molar refractivity (Wildman–Crippen MR) is 115 cm³/mol. The molecule has 0 radical (unpaired) electrons. The molecule has 6 heteroatoms. The van der Waals surface area contributed by atoms with Gasteiger partial charge < -0.3 is 5.32 Å². The lowest BCUT2D eigenvalue weighted by molar-refractivity contribution is -0.120. The van der Waals surface area contributed by atoms with Gasteiger partial charge in [-0.05, 0) is 65.5 Å². The highest BCUT2D eigenvalue weighted by Crippen LogP contribution is 2.25. The Labute approximate surface area is 173 Å². The zero-order valence-electron chi connectivity index (χ0n) is 15.9. The van der Waals surface area contributed by atoms with Gasteiger partial charge in [0.1, 0.15) is 0 Å². The highest BCUT2D eigenvalue weighted by Gasteiger charge is 2.21. The summed E-state index contributed by atoms with van der Waals surface area (Å²) in [6.45, 7) is 1.82. The third kappa shape index (κ3) is 5.29. The molecule has 0 atom stereocenters. The lowest BCUT2D eigenvalue weighted by Crippen LogP contribution is -2.24. The number of benzene rings is 2. The monoisotopic (exact) mass is 441 g/mol. The quantitative estimate of drug-likeness (QED) is 0.498. The number of hydrogen-bond acceptors (Lipinski definition) is 3. The highest BCUT2D eigenvalue weighted by molar-refractivity contribution is 9.10. The maximum atomic E-state index is 12.4. The molecule has 146 valence electrons. The molecule has 1 aliphatic rings. The van der Waals surface area contributed by atoms with Crippen LogP contribution < -0.4 is 10.7 Å². The molecule has 2 aromatic carbocycles. The second-order valence-corrected chi connectivity index (χ2v) is 7.88. The minimum absolute atomic E-state index is 0.0914. The van der Waals surface area contributed by atoms with Crippen molar-refractivity contribution in [2.45, 2.75) is 39.0 Å². The Morgan fingerprint density at radius 3 is 2.54 bits per heavy atom. The normalized spacial score (nSPS) is 15.1. The van der Waals surface area contributed by atoms with Crippen molar-refractivity contribution in [3.63, 3.8) is 0 Å². The van der Waals surface area contributed by atoms with Crippen molar-refractivity contribution in [1.82, 2.24) is 5.43 Å². The number of carbonyl (C=O) groups excluding carboxylic acids is 2. The first kappa shape index (κ1) is 20.3. The summed E-state index contributed by atoms with van der Waals surface area (Å²) in [5.41, 5.74) is 5.36. The van der Waals surface area contributed by atoms with E-state index in [0.29, 0.717) is 15.7 Å². The van der Waals surface area contributed by atoms with Crippen LogP contribution in [0.2, 0.25) is 0 Å². The molecule has 2 aromatic rings. The molecule has 2 N–H and O–H groups in total. The van der Waals surface area contributed by atoms with Crippen molar-refractivity contribution in [1.29, 1.82) is 0 Å². The van der Waals surface area contributed by atoms with Crippen LogP contribution in [-0.2, 0) is 4.79 Å². The second-order valence-electron chi connectivity index (χ2n) is 7.02. The molecule has 0 spiro atoms. The van der Waals surface area contributed by atoms with E-state index in [4.69, 9.17) is 0 Å². The average molecular weight is 442 g/mol. The lowest BCUT2D eigenvalue weighted by atomic mass is 9.88. The van der Waals surface area contributed by atoms with Crippen molar-refractivity contribution in [2.75, 3.05) is 5.32 Å². The Morgan fingerprint density at radius 1 is 1.04 bits per heavy atom. The fraction of sp³-hybridized carbons (Fsp3) is 0.318. The Balaban J connectivity index is 1.65. The molecule has 0 saturated heterocycles. The summed E-state index contributed by atoms with van der Waals surface area (Å²) in [4.78, 5) is 24.7. The fourth-order valence-corrected chi connectivity index (χ4v) is 3.80. The molecular weight excluding hydrogens is 418 g/mol. The SMILES string of the molecule is C/C(=N/NC(=O)c1ccccc1Br)c1cccc(NC(=O)C2CCCCC2)c1. The minimum atomic E-state index is -0.284. The summed E-state index contributed by atoms with van der Waals surface area (Å²) in [6.07, 6.45) is 5.41. The lowest BCUT2D eigenvalue weighted by Gasteiger charge is -2.20. The number of carbonyl (C=O) groups is 2. The molecule has 2 amide bonds. The van der Waals surface area contributed by atoms with Gasteiger partial charge in [-0.25, -0.2) is 5.43 Å². The van der Waals surface area contributed by atoms with Gasteiger partial charge in [-0.1, -0.05) is 43.5 Å². The molecule has 1 fully saturated rings. The molecule has 1 saturated carbocycles. The maximum Gasteiger partial charge on any atom is 0.272 e. The summed E-state index contributed by atoms with van der Waals surface area (Å²) in [5, 5.41) is 7.22. The van der Waals surface area contributed by atoms with Crippen molar-refractivity contribution in [2.24, 2.45) is 11.0 Å². The van der Waals surface area contributed by atoms with Crippen LogP contribution in [0.15, 0.2) is 58.1 Å². The Kier molecular flexibility index (Phi) is 6.98. The van der Waals surface area contributed by atoms with Gasteiger partial charge in [0.05, 0.1) is 11.3 Å². The minimum Gasteiger partial charge on any atom is -0.326 e. The molecule has 0 unspecified atom stereocenters. The van der Waals surface area contributed by atoms with E-state index in [9.17, 15) is 9.59 Å². The summed E-state index contributed by atoms with van der Waals surface area (Å²) in [6, 6.07) is 14.7. The molecular formula is C22H24BrN3O2. The van der Waals surface area contributed by atoms with E-state index in [1.165, 1.54) is 6.42 Å². The van der Waals surface area contributed by atoms with Gasteiger partial charge in [-0.15, -0.1) is 0 Å². The van der Waals surface area contributed by atoms with Gasteiger partial charge in [0.15, 0.2) is 0 Å². The van der Waals surface area contributed by atoms with Gasteiger partial charge in [0.2, 0.25) is 5.91 Å². The van der Waals surface area contributed by atoms with Crippen LogP contribution in [-0.4, -0.2) is 17.5 Å². The van der Waals surface area contributed by atoms with E-state index in [1.807, 2.05) is 43.3 Å². The standard InChI is InChI=1S/C22H24BrN3O2/c1-15(25-26-22(28)19-12-5-6-13-20(19)23)17-10-7-11-18(14-17)24-21(27)16-8-3-2-4-9-16/h5-7,10-14,16H,2-4,8-9H2,1H3,(H,24,27)(H,26,28)/b25-15-. The largest absolute Gasteiger partial charge is 0.326 e. The van der Waals surface area contributed by atoms with Gasteiger partial charge >= 0.3 is 0 Å². The van der Waals surface area contributed by atoms with E-state index in [2.05, 4.69) is 31.8 Å². The zero-order valence-corrected chi connectivity index (χ0v) is 17.5. The number of amides is 2. The first-order chi connectivity index (χ1) is 13.5. The van der Waals surface area contributed by atoms with E-state index in [-0.39, 0.29) is 17.7 Å². The Morgan fingerprint density at radius 2 is 1.79 bits per heavy atom. The number of anilines is 1. The summed E-state index contributed by atoms with van der Waals surface area (Å²) >= 11 is 3.36. The van der Waals surface area contributed by atoms with Crippen LogP contribution in [0.4, 0.5) is 5.69 Å². The molecule has 28 heavy (non-hydrogen) atoms. The van der Waals surface area contributed by atoms with Crippen LogP contribution in [0.5, 0.6) is 0 Å². The first-order valence-electron chi connectivity index (χ1n) is 9.55. The van der Waals surface area contributed by atoms with Gasteiger partial charge in [0, 0.05) is 16.1 Å². The number of rotatable bonds is 5. The van der Waals surface area contributed by atoms with Crippen molar-refractivity contribution < 1.29 is 9.59 Å². The van der Waals surface area contributed by atoms with Crippen molar-refractivity contribution >= 4 is 39.1 Å². The maximum absolute atomic E-state index is 12.4.